The summed E-state index contributed by atoms with van der Waals surface area (Å²) in [6.45, 7) is 3.59. The Morgan fingerprint density at radius 3 is 2.67 bits per heavy atom. The number of sulfonamides is 1. The highest BCUT2D eigenvalue weighted by Gasteiger charge is 2.16. The van der Waals surface area contributed by atoms with Crippen LogP contribution in [0.2, 0.25) is 0 Å². The van der Waals surface area contributed by atoms with Crippen LogP contribution in [0.3, 0.4) is 0 Å². The summed E-state index contributed by atoms with van der Waals surface area (Å²) < 4.78 is 22.9. The Hall–Kier alpha value is -2.19. The summed E-state index contributed by atoms with van der Waals surface area (Å²) in [4.78, 5) is 12.1. The van der Waals surface area contributed by atoms with Crippen molar-refractivity contribution in [1.29, 1.82) is 0 Å². The zero-order chi connectivity index (χ0) is 15.6. The van der Waals surface area contributed by atoms with Gasteiger partial charge in [-0.3, -0.25) is 9.89 Å². The van der Waals surface area contributed by atoms with Crippen molar-refractivity contribution in [3.05, 3.63) is 41.2 Å². The molecule has 0 unspecified atom stereocenters. The standard InChI is InChI=1S/C13H16N4O3S/c1-3-9-5-11(21(14,19)20)4-8(2)12(9)17-13(18)10-6-15-16-7-10/h4-7H,3H2,1-2H3,(H,15,16)(H,17,18)(H2,14,19,20). The molecule has 2 aromatic rings. The average Bonchev–Trinajstić information content (AvgIpc) is 2.93. The summed E-state index contributed by atoms with van der Waals surface area (Å²) in [7, 11) is -3.77. The van der Waals surface area contributed by atoms with E-state index >= 15 is 0 Å². The molecule has 0 bridgehead atoms. The smallest absolute Gasteiger partial charge is 0.258 e. The van der Waals surface area contributed by atoms with Crippen molar-refractivity contribution in [3.8, 4) is 0 Å². The monoisotopic (exact) mass is 308 g/mol. The second-order valence-corrected chi connectivity index (χ2v) is 6.18. The molecule has 1 aromatic heterocycles. The van der Waals surface area contributed by atoms with Crippen LogP contribution in [0.1, 0.15) is 28.4 Å². The zero-order valence-electron chi connectivity index (χ0n) is 11.7. The first-order chi connectivity index (χ1) is 9.82. The number of H-pyrrole nitrogens is 1. The Morgan fingerprint density at radius 1 is 1.43 bits per heavy atom. The van der Waals surface area contributed by atoms with Crippen LogP contribution in [0.4, 0.5) is 5.69 Å². The molecule has 21 heavy (non-hydrogen) atoms. The number of rotatable bonds is 4. The minimum absolute atomic E-state index is 0.0400. The van der Waals surface area contributed by atoms with E-state index in [0.29, 0.717) is 28.8 Å². The fourth-order valence-corrected chi connectivity index (χ4v) is 2.65. The van der Waals surface area contributed by atoms with Gasteiger partial charge in [-0.2, -0.15) is 5.10 Å². The van der Waals surface area contributed by atoms with Crippen LogP contribution in [-0.2, 0) is 16.4 Å². The van der Waals surface area contributed by atoms with E-state index in [1.54, 1.807) is 6.92 Å². The molecule has 1 aromatic carbocycles. The first-order valence-electron chi connectivity index (χ1n) is 6.29. The van der Waals surface area contributed by atoms with Crippen LogP contribution in [-0.4, -0.2) is 24.5 Å². The number of aryl methyl sites for hydroxylation is 2. The van der Waals surface area contributed by atoms with Crippen molar-refractivity contribution in [2.75, 3.05) is 5.32 Å². The largest absolute Gasteiger partial charge is 0.321 e. The molecule has 0 atom stereocenters. The van der Waals surface area contributed by atoms with Crippen molar-refractivity contribution in [1.82, 2.24) is 10.2 Å². The average molecular weight is 308 g/mol. The third-order valence-corrected chi connectivity index (χ3v) is 3.99. The van der Waals surface area contributed by atoms with E-state index in [1.807, 2.05) is 6.92 Å². The molecule has 0 spiro atoms. The Labute approximate surface area is 122 Å². The van der Waals surface area contributed by atoms with E-state index in [9.17, 15) is 13.2 Å². The summed E-state index contributed by atoms with van der Waals surface area (Å²) in [6, 6.07) is 2.92. The van der Waals surface area contributed by atoms with Crippen LogP contribution in [0.5, 0.6) is 0 Å². The second-order valence-electron chi connectivity index (χ2n) is 4.61. The molecule has 0 saturated heterocycles. The molecule has 1 amide bonds. The molecule has 0 aliphatic rings. The number of nitrogens with one attached hydrogen (secondary N) is 2. The molecule has 7 nitrogen and oxygen atoms in total. The molecular formula is C13H16N4O3S. The van der Waals surface area contributed by atoms with Gasteiger partial charge in [0.15, 0.2) is 0 Å². The molecule has 112 valence electrons. The van der Waals surface area contributed by atoms with Crippen LogP contribution in [0.15, 0.2) is 29.4 Å². The van der Waals surface area contributed by atoms with E-state index in [4.69, 9.17) is 5.14 Å². The highest BCUT2D eigenvalue weighted by Crippen LogP contribution is 2.26. The predicted octanol–water partition coefficient (Wildman–Crippen LogP) is 1.18. The summed E-state index contributed by atoms with van der Waals surface area (Å²) in [6.07, 6.45) is 3.45. The molecule has 2 rings (SSSR count). The van der Waals surface area contributed by atoms with Gasteiger partial charge in [-0.05, 0) is 36.6 Å². The number of anilines is 1. The Balaban J connectivity index is 2.42. The number of carbonyl (C=O) groups excluding carboxylic acids is 1. The normalized spacial score (nSPS) is 11.4. The van der Waals surface area contributed by atoms with Gasteiger partial charge in [0.2, 0.25) is 10.0 Å². The lowest BCUT2D eigenvalue weighted by Crippen LogP contribution is -2.16. The van der Waals surface area contributed by atoms with Gasteiger partial charge in [0.25, 0.3) is 5.91 Å². The number of nitrogens with zero attached hydrogens (tertiary/aromatic N) is 1. The molecule has 0 fully saturated rings. The van der Waals surface area contributed by atoms with E-state index in [-0.39, 0.29) is 10.8 Å². The molecule has 8 heteroatoms. The lowest BCUT2D eigenvalue weighted by molar-refractivity contribution is 0.102. The van der Waals surface area contributed by atoms with Crippen LogP contribution in [0, 0.1) is 6.92 Å². The van der Waals surface area contributed by atoms with Gasteiger partial charge in [0.05, 0.1) is 16.7 Å². The van der Waals surface area contributed by atoms with Gasteiger partial charge in [-0.25, -0.2) is 13.6 Å². The SMILES string of the molecule is CCc1cc(S(N)(=O)=O)cc(C)c1NC(=O)c1cn[nH]c1. The maximum absolute atomic E-state index is 12.1. The van der Waals surface area contributed by atoms with Gasteiger partial charge >= 0.3 is 0 Å². The summed E-state index contributed by atoms with van der Waals surface area (Å²) in [5.41, 5.74) is 2.33. The number of benzene rings is 1. The number of nitrogens with two attached hydrogens (primary N) is 1. The first-order valence-corrected chi connectivity index (χ1v) is 7.84. The molecule has 0 aliphatic carbocycles. The molecule has 0 aliphatic heterocycles. The second kappa shape index (κ2) is 5.66. The maximum atomic E-state index is 12.1. The predicted molar refractivity (Wildman–Crippen MR) is 78.5 cm³/mol. The summed E-state index contributed by atoms with van der Waals surface area (Å²) in [5.74, 6) is -0.315. The molecule has 1 heterocycles. The van der Waals surface area contributed by atoms with Crippen molar-refractivity contribution >= 4 is 21.6 Å². The highest BCUT2D eigenvalue weighted by atomic mass is 32.2. The maximum Gasteiger partial charge on any atom is 0.258 e. The van der Waals surface area contributed by atoms with Gasteiger partial charge in [0.1, 0.15) is 0 Å². The number of aromatic nitrogens is 2. The van der Waals surface area contributed by atoms with Crippen molar-refractivity contribution < 1.29 is 13.2 Å². The summed E-state index contributed by atoms with van der Waals surface area (Å²) >= 11 is 0. The Morgan fingerprint density at radius 2 is 2.14 bits per heavy atom. The Kier molecular flexibility index (Phi) is 4.10. The topological polar surface area (TPSA) is 118 Å². The highest BCUT2D eigenvalue weighted by molar-refractivity contribution is 7.89. The van der Waals surface area contributed by atoms with E-state index in [1.165, 1.54) is 24.5 Å². The van der Waals surface area contributed by atoms with Gasteiger partial charge in [-0.1, -0.05) is 6.92 Å². The summed E-state index contributed by atoms with van der Waals surface area (Å²) in [5, 5.41) is 14.2. The van der Waals surface area contributed by atoms with Crippen LogP contribution >= 0.6 is 0 Å². The van der Waals surface area contributed by atoms with Crippen molar-refractivity contribution in [2.24, 2.45) is 5.14 Å². The quantitative estimate of drug-likeness (QED) is 0.786. The molecule has 0 saturated carbocycles. The van der Waals surface area contributed by atoms with E-state index in [0.717, 1.165) is 0 Å². The number of aromatic amines is 1. The van der Waals surface area contributed by atoms with Gasteiger partial charge in [0, 0.05) is 11.9 Å². The number of amides is 1. The molecule has 0 radical (unpaired) electrons. The minimum Gasteiger partial charge on any atom is -0.321 e. The fourth-order valence-electron chi connectivity index (χ4n) is 2.01. The minimum atomic E-state index is -3.77. The van der Waals surface area contributed by atoms with Crippen LogP contribution < -0.4 is 10.5 Å². The van der Waals surface area contributed by atoms with Crippen molar-refractivity contribution in [2.45, 2.75) is 25.2 Å². The third-order valence-electron chi connectivity index (χ3n) is 3.10. The number of hydrogen-bond acceptors (Lipinski definition) is 4. The van der Waals surface area contributed by atoms with Gasteiger partial charge in [-0.15, -0.1) is 0 Å². The first kappa shape index (κ1) is 15.2. The third kappa shape index (κ3) is 3.29. The molecular weight excluding hydrogens is 292 g/mol. The van der Waals surface area contributed by atoms with E-state index < -0.39 is 10.0 Å². The van der Waals surface area contributed by atoms with Gasteiger partial charge < -0.3 is 5.32 Å². The lowest BCUT2D eigenvalue weighted by atomic mass is 10.1. The molecule has 4 N–H and O–H groups in total. The van der Waals surface area contributed by atoms with E-state index in [2.05, 4.69) is 15.5 Å². The number of primary sulfonamides is 1. The number of hydrogen-bond donors (Lipinski definition) is 3. The number of carbonyl (C=O) groups is 1. The Bertz CT molecular complexity index is 767. The van der Waals surface area contributed by atoms with Crippen LogP contribution in [0.25, 0.3) is 0 Å². The zero-order valence-corrected chi connectivity index (χ0v) is 12.5. The van der Waals surface area contributed by atoms with Crippen molar-refractivity contribution in [3.63, 3.8) is 0 Å². The fraction of sp³-hybridized carbons (Fsp3) is 0.231. The lowest BCUT2D eigenvalue weighted by Gasteiger charge is -2.14.